The van der Waals surface area contributed by atoms with Crippen molar-refractivity contribution in [3.63, 3.8) is 0 Å². The van der Waals surface area contributed by atoms with Crippen LogP contribution in [0.1, 0.15) is 85.5 Å². The summed E-state index contributed by atoms with van der Waals surface area (Å²) in [6, 6.07) is 1.55. The van der Waals surface area contributed by atoms with Gasteiger partial charge >= 0.3 is 0 Å². The van der Waals surface area contributed by atoms with Crippen molar-refractivity contribution in [2.75, 3.05) is 0 Å². The fraction of sp³-hybridized carbons (Fsp3) is 1.00. The maximum atomic E-state index is 3.96. The Morgan fingerprint density at radius 3 is 1.95 bits per heavy atom. The molecule has 112 valence electrons. The minimum Gasteiger partial charge on any atom is -0.311 e. The number of hydrogen-bond donors (Lipinski definition) is 1. The van der Waals surface area contributed by atoms with Crippen molar-refractivity contribution in [3.8, 4) is 0 Å². The van der Waals surface area contributed by atoms with Crippen LogP contribution in [0.2, 0.25) is 0 Å². The second-order valence-corrected chi connectivity index (χ2v) is 8.27. The van der Waals surface area contributed by atoms with Crippen LogP contribution < -0.4 is 5.32 Å². The molecule has 0 bridgehead atoms. The van der Waals surface area contributed by atoms with Gasteiger partial charge in [0.05, 0.1) is 0 Å². The van der Waals surface area contributed by atoms with E-state index in [1.54, 1.807) is 0 Å². The van der Waals surface area contributed by atoms with Crippen LogP contribution >= 0.6 is 0 Å². The van der Waals surface area contributed by atoms with Crippen molar-refractivity contribution in [2.24, 2.45) is 17.3 Å². The largest absolute Gasteiger partial charge is 0.311 e. The standard InChI is InChI=1S/C18H35N/c1-14(15-8-6-5-7-9-15)19-17-12-10-16(11-13-17)18(2,3)4/h14-17,19H,5-13H2,1-4H3/t14-,16?,17?/m0/s1. The summed E-state index contributed by atoms with van der Waals surface area (Å²) in [6.45, 7) is 9.67. The van der Waals surface area contributed by atoms with Crippen LogP contribution in [0.25, 0.3) is 0 Å². The zero-order valence-electron chi connectivity index (χ0n) is 13.7. The van der Waals surface area contributed by atoms with E-state index in [9.17, 15) is 0 Å². The van der Waals surface area contributed by atoms with E-state index in [4.69, 9.17) is 0 Å². The topological polar surface area (TPSA) is 12.0 Å². The summed E-state index contributed by atoms with van der Waals surface area (Å²) in [6.07, 6.45) is 13.0. The first-order valence-corrected chi connectivity index (χ1v) is 8.73. The molecule has 0 saturated heterocycles. The monoisotopic (exact) mass is 265 g/mol. The molecule has 2 aliphatic carbocycles. The summed E-state index contributed by atoms with van der Waals surface area (Å²) in [5, 5.41) is 3.96. The Morgan fingerprint density at radius 1 is 0.842 bits per heavy atom. The Bertz CT molecular complexity index is 251. The van der Waals surface area contributed by atoms with Gasteiger partial charge in [-0.1, -0.05) is 40.0 Å². The molecule has 1 heteroatoms. The first kappa shape index (κ1) is 15.4. The molecule has 19 heavy (non-hydrogen) atoms. The van der Waals surface area contributed by atoms with Gasteiger partial charge in [0.2, 0.25) is 0 Å². The van der Waals surface area contributed by atoms with Gasteiger partial charge in [0.1, 0.15) is 0 Å². The molecule has 0 spiro atoms. The highest BCUT2D eigenvalue weighted by Gasteiger charge is 2.31. The highest BCUT2D eigenvalue weighted by Crippen LogP contribution is 2.38. The lowest BCUT2D eigenvalue weighted by Gasteiger charge is -2.39. The fourth-order valence-electron chi connectivity index (χ4n) is 4.27. The van der Waals surface area contributed by atoms with Gasteiger partial charge < -0.3 is 5.32 Å². The van der Waals surface area contributed by atoms with Gasteiger partial charge in [-0.2, -0.15) is 0 Å². The lowest BCUT2D eigenvalue weighted by molar-refractivity contribution is 0.148. The van der Waals surface area contributed by atoms with Gasteiger partial charge in [-0.3, -0.25) is 0 Å². The van der Waals surface area contributed by atoms with E-state index in [-0.39, 0.29) is 0 Å². The third kappa shape index (κ3) is 4.48. The first-order valence-electron chi connectivity index (χ1n) is 8.73. The van der Waals surface area contributed by atoms with E-state index < -0.39 is 0 Å². The van der Waals surface area contributed by atoms with Gasteiger partial charge in [-0.25, -0.2) is 0 Å². The second-order valence-electron chi connectivity index (χ2n) is 8.27. The highest BCUT2D eigenvalue weighted by molar-refractivity contribution is 4.86. The lowest BCUT2D eigenvalue weighted by Crippen LogP contribution is -2.44. The Labute approximate surface area is 120 Å². The molecule has 0 aromatic carbocycles. The molecule has 0 aromatic rings. The molecule has 0 aromatic heterocycles. The molecule has 2 aliphatic rings. The molecule has 1 atom stereocenters. The summed E-state index contributed by atoms with van der Waals surface area (Å²) >= 11 is 0. The van der Waals surface area contributed by atoms with Crippen LogP contribution in [0.15, 0.2) is 0 Å². The summed E-state index contributed by atoms with van der Waals surface area (Å²) in [7, 11) is 0. The fourth-order valence-corrected chi connectivity index (χ4v) is 4.27. The van der Waals surface area contributed by atoms with E-state index in [1.165, 1.54) is 57.8 Å². The van der Waals surface area contributed by atoms with Crippen molar-refractivity contribution in [1.29, 1.82) is 0 Å². The molecule has 2 fully saturated rings. The molecule has 0 amide bonds. The van der Waals surface area contributed by atoms with Crippen LogP contribution in [-0.4, -0.2) is 12.1 Å². The zero-order valence-corrected chi connectivity index (χ0v) is 13.7. The Balaban J connectivity index is 1.73. The number of rotatable bonds is 3. The Hall–Kier alpha value is -0.0400. The molecule has 0 unspecified atom stereocenters. The normalized spacial score (nSPS) is 32.2. The molecule has 2 rings (SSSR count). The number of nitrogens with one attached hydrogen (secondary N) is 1. The minimum absolute atomic E-state index is 0.514. The predicted molar refractivity (Wildman–Crippen MR) is 84.4 cm³/mol. The minimum atomic E-state index is 0.514. The molecule has 0 heterocycles. The second kappa shape index (κ2) is 6.61. The maximum absolute atomic E-state index is 3.96. The highest BCUT2D eigenvalue weighted by atomic mass is 15.0. The maximum Gasteiger partial charge on any atom is 0.00698 e. The SMILES string of the molecule is C[C@H](NC1CCC(C(C)(C)C)CC1)C1CCCCC1. The van der Waals surface area contributed by atoms with Crippen molar-refractivity contribution >= 4 is 0 Å². The molecule has 1 N–H and O–H groups in total. The third-order valence-corrected chi connectivity index (χ3v) is 5.81. The van der Waals surface area contributed by atoms with Gasteiger partial charge in [-0.15, -0.1) is 0 Å². The summed E-state index contributed by atoms with van der Waals surface area (Å²) in [4.78, 5) is 0. The zero-order chi connectivity index (χ0) is 13.9. The van der Waals surface area contributed by atoms with Crippen molar-refractivity contribution in [2.45, 2.75) is 97.6 Å². The molecular formula is C18H35N. The van der Waals surface area contributed by atoms with E-state index in [2.05, 4.69) is 33.0 Å². The van der Waals surface area contributed by atoms with Crippen LogP contribution in [-0.2, 0) is 0 Å². The van der Waals surface area contributed by atoms with Crippen LogP contribution in [0.5, 0.6) is 0 Å². The quantitative estimate of drug-likeness (QED) is 0.744. The van der Waals surface area contributed by atoms with Gasteiger partial charge in [0.25, 0.3) is 0 Å². The van der Waals surface area contributed by atoms with E-state index >= 15 is 0 Å². The average Bonchev–Trinajstić information content (AvgIpc) is 2.39. The smallest absolute Gasteiger partial charge is 0.00698 e. The summed E-state index contributed by atoms with van der Waals surface area (Å²) in [5.74, 6) is 1.89. The van der Waals surface area contributed by atoms with Gasteiger partial charge in [0.15, 0.2) is 0 Å². The van der Waals surface area contributed by atoms with E-state index in [0.29, 0.717) is 5.41 Å². The Kier molecular flexibility index (Phi) is 5.34. The van der Waals surface area contributed by atoms with Crippen LogP contribution in [0.3, 0.4) is 0 Å². The van der Waals surface area contributed by atoms with E-state index in [0.717, 1.165) is 23.9 Å². The first-order chi connectivity index (χ1) is 8.97. The predicted octanol–water partition coefficient (Wildman–Crippen LogP) is 5.15. The van der Waals surface area contributed by atoms with E-state index in [1.807, 2.05) is 0 Å². The molecular weight excluding hydrogens is 230 g/mol. The van der Waals surface area contributed by atoms with Crippen LogP contribution in [0, 0.1) is 17.3 Å². The molecule has 1 nitrogen and oxygen atoms in total. The lowest BCUT2D eigenvalue weighted by atomic mass is 9.71. The summed E-state index contributed by atoms with van der Waals surface area (Å²) < 4.78 is 0. The van der Waals surface area contributed by atoms with Gasteiger partial charge in [-0.05, 0) is 62.7 Å². The molecule has 0 radical (unpaired) electrons. The molecule has 0 aliphatic heterocycles. The third-order valence-electron chi connectivity index (χ3n) is 5.81. The number of hydrogen-bond acceptors (Lipinski definition) is 1. The van der Waals surface area contributed by atoms with Crippen molar-refractivity contribution in [3.05, 3.63) is 0 Å². The van der Waals surface area contributed by atoms with Crippen molar-refractivity contribution < 1.29 is 0 Å². The van der Waals surface area contributed by atoms with Crippen LogP contribution in [0.4, 0.5) is 0 Å². The molecule has 2 saturated carbocycles. The van der Waals surface area contributed by atoms with Gasteiger partial charge in [0, 0.05) is 12.1 Å². The Morgan fingerprint density at radius 2 is 1.42 bits per heavy atom. The van der Waals surface area contributed by atoms with Crippen molar-refractivity contribution in [1.82, 2.24) is 5.32 Å². The average molecular weight is 265 g/mol. The summed E-state index contributed by atoms with van der Waals surface area (Å²) in [5.41, 5.74) is 0.514.